The molecule has 0 bridgehead atoms. The van der Waals surface area contributed by atoms with Crippen LogP contribution in [0.3, 0.4) is 0 Å². The summed E-state index contributed by atoms with van der Waals surface area (Å²) >= 11 is 0. The second-order valence-corrected chi connectivity index (χ2v) is 4.92. The number of carboxylic acid groups (broad SMARTS) is 1. The fourth-order valence-electron chi connectivity index (χ4n) is 1.87. The number of carbonyl (C=O) groups is 2. The van der Waals surface area contributed by atoms with Crippen molar-refractivity contribution in [2.45, 2.75) is 77.6 Å². The maximum absolute atomic E-state index is 11.2. The second-order valence-electron chi connectivity index (χ2n) is 4.92. The fourth-order valence-corrected chi connectivity index (χ4v) is 1.87. The molecule has 0 aliphatic carbocycles. The molecular formula is C15H27KO4. The Bertz CT molecular complexity index is 244. The molecule has 0 saturated carbocycles. The van der Waals surface area contributed by atoms with Crippen LogP contribution in [-0.2, 0) is 14.3 Å². The maximum atomic E-state index is 11.2. The van der Waals surface area contributed by atoms with Crippen molar-refractivity contribution < 1.29 is 70.8 Å². The minimum Gasteiger partial charge on any atom is -0.550 e. The predicted octanol–water partition coefficient (Wildman–Crippen LogP) is -0.405. The molecule has 0 unspecified atom stereocenters. The molecule has 0 aromatic carbocycles. The first kappa shape index (κ1) is 22.9. The number of rotatable bonds is 13. The first-order valence-electron chi connectivity index (χ1n) is 7.52. The first-order chi connectivity index (χ1) is 9.16. The van der Waals surface area contributed by atoms with Gasteiger partial charge in [-0.2, -0.15) is 0 Å². The summed E-state index contributed by atoms with van der Waals surface area (Å²) in [5, 5.41) is 10.1. The summed E-state index contributed by atoms with van der Waals surface area (Å²) in [6.45, 7) is 2.67. The van der Waals surface area contributed by atoms with Crippen LogP contribution >= 0.6 is 0 Å². The van der Waals surface area contributed by atoms with Gasteiger partial charge in [0.25, 0.3) is 0 Å². The van der Waals surface area contributed by atoms with Gasteiger partial charge in [-0.25, -0.2) is 0 Å². The molecule has 0 spiro atoms. The Balaban J connectivity index is 0. The number of esters is 1. The molecule has 20 heavy (non-hydrogen) atoms. The van der Waals surface area contributed by atoms with Gasteiger partial charge in [-0.3, -0.25) is 4.79 Å². The molecule has 0 N–H and O–H groups in total. The zero-order chi connectivity index (χ0) is 14.3. The van der Waals surface area contributed by atoms with Crippen LogP contribution < -0.4 is 56.5 Å². The van der Waals surface area contributed by atoms with Gasteiger partial charge < -0.3 is 14.6 Å². The Hall–Kier alpha value is 0.576. The minimum absolute atomic E-state index is 0. The number of carboxylic acids is 1. The second kappa shape index (κ2) is 17.6. The number of carbonyl (C=O) groups excluding carboxylic acids is 2. The third-order valence-electron chi connectivity index (χ3n) is 3.02. The summed E-state index contributed by atoms with van der Waals surface area (Å²) in [6.07, 6.45) is 10.1. The third-order valence-corrected chi connectivity index (χ3v) is 3.02. The van der Waals surface area contributed by atoms with E-state index in [0.717, 1.165) is 12.8 Å². The number of unbranched alkanes of at least 4 members (excludes halogenated alkanes) is 7. The average molecular weight is 310 g/mol. The van der Waals surface area contributed by atoms with E-state index in [4.69, 9.17) is 4.74 Å². The number of ether oxygens (including phenoxy) is 1. The van der Waals surface area contributed by atoms with Gasteiger partial charge in [-0.05, 0) is 19.3 Å². The van der Waals surface area contributed by atoms with Crippen LogP contribution in [0.4, 0.5) is 0 Å². The normalized spacial score (nSPS) is 9.85. The number of hydrogen-bond donors (Lipinski definition) is 0. The van der Waals surface area contributed by atoms with Crippen LogP contribution in [0.1, 0.15) is 77.6 Å². The summed E-state index contributed by atoms with van der Waals surface area (Å²) in [5.41, 5.74) is 0. The van der Waals surface area contributed by atoms with Crippen molar-refractivity contribution in [3.05, 3.63) is 0 Å². The molecule has 0 aliphatic rings. The predicted molar refractivity (Wildman–Crippen MR) is 72.4 cm³/mol. The Morgan fingerprint density at radius 2 is 1.40 bits per heavy atom. The van der Waals surface area contributed by atoms with E-state index in [-0.39, 0.29) is 70.2 Å². The van der Waals surface area contributed by atoms with E-state index in [1.165, 1.54) is 38.5 Å². The van der Waals surface area contributed by atoms with Crippen molar-refractivity contribution in [1.82, 2.24) is 0 Å². The molecule has 0 heterocycles. The fraction of sp³-hybridized carbons (Fsp3) is 0.867. The van der Waals surface area contributed by atoms with Crippen molar-refractivity contribution in [2.75, 3.05) is 6.61 Å². The zero-order valence-corrected chi connectivity index (χ0v) is 16.2. The number of aliphatic carboxylic acids is 1. The van der Waals surface area contributed by atoms with Crippen molar-refractivity contribution in [3.63, 3.8) is 0 Å². The monoisotopic (exact) mass is 310 g/mol. The molecule has 0 aromatic heterocycles. The van der Waals surface area contributed by atoms with Gasteiger partial charge in [0.15, 0.2) is 0 Å². The van der Waals surface area contributed by atoms with E-state index in [0.29, 0.717) is 13.0 Å². The van der Waals surface area contributed by atoms with E-state index in [1.54, 1.807) is 0 Å². The van der Waals surface area contributed by atoms with Crippen LogP contribution in [0.15, 0.2) is 0 Å². The van der Waals surface area contributed by atoms with Crippen molar-refractivity contribution in [3.8, 4) is 0 Å². The van der Waals surface area contributed by atoms with Gasteiger partial charge in [0.05, 0.1) is 6.61 Å². The maximum Gasteiger partial charge on any atom is 1.00 e. The van der Waals surface area contributed by atoms with Crippen LogP contribution in [0.5, 0.6) is 0 Å². The smallest absolute Gasteiger partial charge is 0.550 e. The van der Waals surface area contributed by atoms with Crippen LogP contribution in [0, 0.1) is 0 Å². The minimum atomic E-state index is -1.11. The summed E-state index contributed by atoms with van der Waals surface area (Å²) < 4.78 is 5.02. The van der Waals surface area contributed by atoms with E-state index in [9.17, 15) is 14.7 Å². The zero-order valence-electron chi connectivity index (χ0n) is 13.1. The molecule has 0 radical (unpaired) electrons. The topological polar surface area (TPSA) is 66.4 Å². The van der Waals surface area contributed by atoms with Gasteiger partial charge in [-0.1, -0.05) is 51.9 Å². The molecule has 0 amide bonds. The molecule has 0 aliphatic heterocycles. The third kappa shape index (κ3) is 18.6. The Labute approximate surface area is 165 Å². The summed E-state index contributed by atoms with van der Waals surface area (Å²) in [6, 6.07) is 0. The van der Waals surface area contributed by atoms with Gasteiger partial charge in [-0.15, -0.1) is 0 Å². The van der Waals surface area contributed by atoms with E-state index in [1.807, 2.05) is 0 Å². The van der Waals surface area contributed by atoms with Crippen molar-refractivity contribution in [2.24, 2.45) is 0 Å². The quantitative estimate of drug-likeness (QED) is 0.264. The SMILES string of the molecule is CCCCCCCCCCOC(=O)CCCC(=O)[O-].[K+]. The Kier molecular flexibility index (Phi) is 20.1. The standard InChI is InChI=1S/C15H28O4.K/c1-2-3-4-5-6-7-8-9-13-19-15(18)12-10-11-14(16)17;/h2-13H2,1H3,(H,16,17);/q;+1/p-1. The Morgan fingerprint density at radius 1 is 0.850 bits per heavy atom. The molecule has 0 atom stereocenters. The van der Waals surface area contributed by atoms with Crippen LogP contribution in [0.25, 0.3) is 0 Å². The van der Waals surface area contributed by atoms with Gasteiger partial charge in [0.1, 0.15) is 0 Å². The van der Waals surface area contributed by atoms with Gasteiger partial charge in [0.2, 0.25) is 0 Å². The molecule has 0 aromatic rings. The largest absolute Gasteiger partial charge is 1.00 e. The van der Waals surface area contributed by atoms with Crippen LogP contribution in [0.2, 0.25) is 0 Å². The van der Waals surface area contributed by atoms with Crippen molar-refractivity contribution >= 4 is 11.9 Å². The molecule has 0 rings (SSSR count). The summed E-state index contributed by atoms with van der Waals surface area (Å²) in [7, 11) is 0. The molecule has 0 fully saturated rings. The summed E-state index contributed by atoms with van der Waals surface area (Å²) in [5.74, 6) is -1.42. The molecular weight excluding hydrogens is 283 g/mol. The van der Waals surface area contributed by atoms with Crippen molar-refractivity contribution in [1.29, 1.82) is 0 Å². The molecule has 0 saturated heterocycles. The molecule has 4 nitrogen and oxygen atoms in total. The van der Waals surface area contributed by atoms with E-state index < -0.39 is 5.97 Å². The van der Waals surface area contributed by atoms with E-state index in [2.05, 4.69) is 6.92 Å². The van der Waals surface area contributed by atoms with Gasteiger partial charge in [0, 0.05) is 12.4 Å². The van der Waals surface area contributed by atoms with Gasteiger partial charge >= 0.3 is 57.4 Å². The average Bonchev–Trinajstić information content (AvgIpc) is 2.36. The first-order valence-corrected chi connectivity index (χ1v) is 7.52. The molecule has 112 valence electrons. The number of hydrogen-bond acceptors (Lipinski definition) is 4. The summed E-state index contributed by atoms with van der Waals surface area (Å²) in [4.78, 5) is 21.3. The van der Waals surface area contributed by atoms with Crippen LogP contribution in [-0.4, -0.2) is 18.5 Å². The van der Waals surface area contributed by atoms with E-state index >= 15 is 0 Å². The molecule has 5 heteroatoms. The Morgan fingerprint density at radius 3 is 1.95 bits per heavy atom.